The Morgan fingerprint density at radius 2 is 1.65 bits per heavy atom. The first-order chi connectivity index (χ1) is 11.0. The molecular weight excluding hydrogens is 296 g/mol. The number of aromatic hydroxyl groups is 2. The third kappa shape index (κ3) is 3.56. The number of methoxy groups -OCH3 is 2. The second-order valence-electron chi connectivity index (χ2n) is 5.22. The number of phenolic OH excluding ortho intramolecular Hbond substituents is 2. The van der Waals surface area contributed by atoms with Gasteiger partial charge in [0.2, 0.25) is 0 Å². The second-order valence-corrected chi connectivity index (χ2v) is 5.22. The lowest BCUT2D eigenvalue weighted by Gasteiger charge is -2.15. The number of phenols is 2. The lowest BCUT2D eigenvalue weighted by atomic mass is 9.98. The molecule has 0 atom stereocenters. The van der Waals surface area contributed by atoms with E-state index in [2.05, 4.69) is 0 Å². The Morgan fingerprint density at radius 1 is 1.04 bits per heavy atom. The summed E-state index contributed by atoms with van der Waals surface area (Å²) in [4.78, 5) is 12.5. The van der Waals surface area contributed by atoms with E-state index in [4.69, 9.17) is 9.47 Å². The third-order valence-corrected chi connectivity index (χ3v) is 3.77. The zero-order chi connectivity index (χ0) is 17.0. The molecule has 0 saturated heterocycles. The van der Waals surface area contributed by atoms with Crippen LogP contribution in [0.2, 0.25) is 0 Å². The molecule has 5 nitrogen and oxygen atoms in total. The van der Waals surface area contributed by atoms with E-state index in [0.717, 1.165) is 5.56 Å². The van der Waals surface area contributed by atoms with E-state index >= 15 is 0 Å². The summed E-state index contributed by atoms with van der Waals surface area (Å²) in [5.74, 6) is 0.621. The summed E-state index contributed by atoms with van der Waals surface area (Å²) in [6, 6.07) is 8.28. The van der Waals surface area contributed by atoms with E-state index in [1.54, 1.807) is 37.3 Å². The highest BCUT2D eigenvalue weighted by Crippen LogP contribution is 2.38. The predicted molar refractivity (Wildman–Crippen MR) is 86.7 cm³/mol. The van der Waals surface area contributed by atoms with Crippen molar-refractivity contribution in [2.24, 2.45) is 0 Å². The van der Waals surface area contributed by atoms with E-state index in [1.807, 2.05) is 0 Å². The van der Waals surface area contributed by atoms with Crippen LogP contribution in [-0.2, 0) is 6.42 Å². The fraction of sp³-hybridized carbons (Fsp3) is 0.278. The highest BCUT2D eigenvalue weighted by Gasteiger charge is 2.22. The average molecular weight is 316 g/mol. The quantitative estimate of drug-likeness (QED) is 0.800. The van der Waals surface area contributed by atoms with Crippen LogP contribution in [-0.4, -0.2) is 30.2 Å². The Morgan fingerprint density at radius 3 is 2.22 bits per heavy atom. The number of rotatable bonds is 6. The Kier molecular flexibility index (Phi) is 5.11. The summed E-state index contributed by atoms with van der Waals surface area (Å²) >= 11 is 0. The van der Waals surface area contributed by atoms with Crippen molar-refractivity contribution in [2.75, 3.05) is 14.2 Å². The maximum atomic E-state index is 12.5. The van der Waals surface area contributed by atoms with Gasteiger partial charge in [0.1, 0.15) is 28.6 Å². The number of ketones is 1. The van der Waals surface area contributed by atoms with E-state index < -0.39 is 0 Å². The molecule has 0 saturated carbocycles. The lowest BCUT2D eigenvalue weighted by molar-refractivity contribution is 0.0977. The number of hydrogen-bond donors (Lipinski definition) is 2. The summed E-state index contributed by atoms with van der Waals surface area (Å²) < 4.78 is 10.4. The molecule has 122 valence electrons. The number of hydrogen-bond acceptors (Lipinski definition) is 5. The summed E-state index contributed by atoms with van der Waals surface area (Å²) in [6.45, 7) is 1.68. The zero-order valence-electron chi connectivity index (χ0n) is 13.4. The fourth-order valence-corrected chi connectivity index (χ4v) is 2.41. The minimum absolute atomic E-state index is 0.114. The second kappa shape index (κ2) is 7.05. The maximum Gasteiger partial charge on any atom is 0.170 e. The first-order valence-electron chi connectivity index (χ1n) is 7.23. The van der Waals surface area contributed by atoms with Crippen molar-refractivity contribution in [1.29, 1.82) is 0 Å². The molecule has 0 aliphatic carbocycles. The molecule has 0 aliphatic heterocycles. The molecule has 0 aromatic heterocycles. The summed E-state index contributed by atoms with van der Waals surface area (Å²) in [5, 5.41) is 19.6. The van der Waals surface area contributed by atoms with Crippen LogP contribution in [0.3, 0.4) is 0 Å². The molecule has 0 bridgehead atoms. The summed E-state index contributed by atoms with van der Waals surface area (Å²) in [6.07, 6.45) is 0.729. The van der Waals surface area contributed by atoms with E-state index in [1.165, 1.54) is 14.2 Å². The van der Waals surface area contributed by atoms with Gasteiger partial charge in [-0.1, -0.05) is 12.1 Å². The molecule has 0 amide bonds. The van der Waals surface area contributed by atoms with Crippen LogP contribution in [0.4, 0.5) is 0 Å². The number of Topliss-reactive ketones (excluding diaryl/α,β-unsaturated/α-hetero) is 1. The molecule has 23 heavy (non-hydrogen) atoms. The predicted octanol–water partition coefficient (Wildman–Crippen LogP) is 3.24. The van der Waals surface area contributed by atoms with Gasteiger partial charge in [-0.05, 0) is 31.0 Å². The van der Waals surface area contributed by atoms with Crippen molar-refractivity contribution >= 4 is 5.78 Å². The van der Waals surface area contributed by atoms with Gasteiger partial charge in [0.15, 0.2) is 5.78 Å². The highest BCUT2D eigenvalue weighted by atomic mass is 16.5. The molecule has 2 rings (SSSR count). The van der Waals surface area contributed by atoms with Crippen LogP contribution in [0.15, 0.2) is 30.3 Å². The molecule has 0 aliphatic rings. The number of aryl methyl sites for hydroxylation is 1. The minimum Gasteiger partial charge on any atom is -0.508 e. The van der Waals surface area contributed by atoms with Gasteiger partial charge in [0.05, 0.1) is 14.2 Å². The van der Waals surface area contributed by atoms with Gasteiger partial charge in [-0.25, -0.2) is 0 Å². The molecule has 0 fully saturated rings. The van der Waals surface area contributed by atoms with Crippen molar-refractivity contribution < 1.29 is 24.5 Å². The normalized spacial score (nSPS) is 10.4. The van der Waals surface area contributed by atoms with Crippen molar-refractivity contribution in [1.82, 2.24) is 0 Å². The largest absolute Gasteiger partial charge is 0.508 e. The highest BCUT2D eigenvalue weighted by molar-refractivity contribution is 6.02. The van der Waals surface area contributed by atoms with Crippen LogP contribution < -0.4 is 9.47 Å². The minimum atomic E-state index is -0.210. The SMILES string of the molecule is COc1cc(OC)c(C(=O)CCc2ccc(O)cc2)c(O)c1C. The summed E-state index contributed by atoms with van der Waals surface area (Å²) in [7, 11) is 2.94. The van der Waals surface area contributed by atoms with Gasteiger partial charge >= 0.3 is 0 Å². The molecule has 0 unspecified atom stereocenters. The topological polar surface area (TPSA) is 76.0 Å². The molecule has 0 spiro atoms. The van der Waals surface area contributed by atoms with Crippen LogP contribution >= 0.6 is 0 Å². The van der Waals surface area contributed by atoms with E-state index in [-0.39, 0.29) is 29.3 Å². The van der Waals surface area contributed by atoms with Gasteiger partial charge in [-0.3, -0.25) is 4.79 Å². The Labute approximate surface area is 135 Å². The summed E-state index contributed by atoms with van der Waals surface area (Å²) in [5.41, 5.74) is 1.60. The van der Waals surface area contributed by atoms with Crippen molar-refractivity contribution in [3.8, 4) is 23.0 Å². The van der Waals surface area contributed by atoms with Crippen molar-refractivity contribution in [2.45, 2.75) is 19.8 Å². The van der Waals surface area contributed by atoms with Gasteiger partial charge < -0.3 is 19.7 Å². The first kappa shape index (κ1) is 16.7. The maximum absolute atomic E-state index is 12.5. The molecule has 2 aromatic rings. The first-order valence-corrected chi connectivity index (χ1v) is 7.23. The molecule has 2 aromatic carbocycles. The van der Waals surface area contributed by atoms with Crippen LogP contribution in [0, 0.1) is 6.92 Å². The monoisotopic (exact) mass is 316 g/mol. The third-order valence-electron chi connectivity index (χ3n) is 3.77. The lowest BCUT2D eigenvalue weighted by Crippen LogP contribution is -2.06. The Bertz CT molecular complexity index is 704. The molecule has 5 heteroatoms. The van der Waals surface area contributed by atoms with Crippen LogP contribution in [0.5, 0.6) is 23.0 Å². The number of carbonyl (C=O) groups excluding carboxylic acids is 1. The molecular formula is C18H20O5. The van der Waals surface area contributed by atoms with Crippen LogP contribution in [0.1, 0.15) is 27.9 Å². The van der Waals surface area contributed by atoms with Gasteiger partial charge in [-0.2, -0.15) is 0 Å². The Balaban J connectivity index is 2.24. The van der Waals surface area contributed by atoms with E-state index in [9.17, 15) is 15.0 Å². The fourth-order valence-electron chi connectivity index (χ4n) is 2.41. The number of benzene rings is 2. The molecule has 0 radical (unpaired) electrons. The average Bonchev–Trinajstić information content (AvgIpc) is 2.56. The molecule has 2 N–H and O–H groups in total. The van der Waals surface area contributed by atoms with Crippen LogP contribution in [0.25, 0.3) is 0 Å². The zero-order valence-corrected chi connectivity index (χ0v) is 13.4. The number of ether oxygens (including phenoxy) is 2. The van der Waals surface area contributed by atoms with Gasteiger partial charge in [-0.15, -0.1) is 0 Å². The van der Waals surface area contributed by atoms with E-state index in [0.29, 0.717) is 23.5 Å². The Hall–Kier alpha value is -2.69. The number of carbonyl (C=O) groups is 1. The van der Waals surface area contributed by atoms with Gasteiger partial charge in [0, 0.05) is 18.1 Å². The standard InChI is InChI=1S/C18H20O5/c1-11-15(22-2)10-16(23-3)17(18(11)21)14(20)9-6-12-4-7-13(19)8-5-12/h4-5,7-8,10,19,21H,6,9H2,1-3H3. The van der Waals surface area contributed by atoms with Crippen molar-refractivity contribution in [3.63, 3.8) is 0 Å². The smallest absolute Gasteiger partial charge is 0.170 e. The van der Waals surface area contributed by atoms with Crippen molar-refractivity contribution in [3.05, 3.63) is 47.0 Å². The van der Waals surface area contributed by atoms with Gasteiger partial charge in [0.25, 0.3) is 0 Å². The molecule has 0 heterocycles.